The van der Waals surface area contributed by atoms with E-state index in [2.05, 4.69) is 17.4 Å². The summed E-state index contributed by atoms with van der Waals surface area (Å²) in [6.45, 7) is 0. The lowest BCUT2D eigenvalue weighted by atomic mass is 9.66. The molecule has 92 valence electrons. The number of nitrogens with two attached hydrogens (primary N) is 1. The molecule has 1 aliphatic carbocycles. The van der Waals surface area contributed by atoms with E-state index in [4.69, 9.17) is 5.73 Å². The van der Waals surface area contributed by atoms with E-state index in [-0.39, 0.29) is 12.2 Å². The van der Waals surface area contributed by atoms with E-state index < -0.39 is 35.1 Å². The molecule has 0 amide bonds. The Labute approximate surface area is 104 Å². The molecular formula is C11H13NO4S. The summed E-state index contributed by atoms with van der Waals surface area (Å²) in [7, 11) is 0. The van der Waals surface area contributed by atoms with Crippen molar-refractivity contribution in [3.63, 3.8) is 0 Å². The Morgan fingerprint density at radius 2 is 2.29 bits per heavy atom. The highest BCUT2D eigenvalue weighted by Gasteiger charge is 2.62. The Hall–Kier alpha value is -1.14. The van der Waals surface area contributed by atoms with Gasteiger partial charge >= 0.3 is 11.9 Å². The van der Waals surface area contributed by atoms with Crippen LogP contribution in [-0.4, -0.2) is 29.5 Å². The molecule has 0 saturated carbocycles. The summed E-state index contributed by atoms with van der Waals surface area (Å²) in [5.74, 6) is -2.42. The molecule has 3 atom stereocenters. The highest BCUT2D eigenvalue weighted by molar-refractivity contribution is 7.80. The van der Waals surface area contributed by atoms with Gasteiger partial charge in [-0.25, -0.2) is 0 Å². The fourth-order valence-corrected chi connectivity index (χ4v) is 2.57. The number of allylic oxidation sites excluding steroid dienone is 2. The molecule has 5 nitrogen and oxygen atoms in total. The first-order valence-electron chi connectivity index (χ1n) is 5.36. The largest absolute Gasteiger partial charge is 0.392 e. The molecule has 1 fully saturated rings. The summed E-state index contributed by atoms with van der Waals surface area (Å²) in [5, 5.41) is 0. The van der Waals surface area contributed by atoms with Crippen LogP contribution in [0.2, 0.25) is 0 Å². The van der Waals surface area contributed by atoms with Crippen LogP contribution in [0, 0.1) is 11.3 Å². The standard InChI is InChI=1S/C11H13NO4S/c12-7(5-17)8(13)11-4-2-1-3-6(11)9(14)16-10(11)15/h1-2,6-7,17H,3-5,12H2/t6?,7-,11?/m0/s1. The number of ketones is 1. The molecule has 2 unspecified atom stereocenters. The van der Waals surface area contributed by atoms with Crippen molar-refractivity contribution in [2.24, 2.45) is 17.1 Å². The zero-order chi connectivity index (χ0) is 12.6. The molecular weight excluding hydrogens is 242 g/mol. The van der Waals surface area contributed by atoms with E-state index in [1.807, 2.05) is 0 Å². The second kappa shape index (κ2) is 4.27. The summed E-state index contributed by atoms with van der Waals surface area (Å²) in [6, 6.07) is -0.856. The smallest absolute Gasteiger partial charge is 0.328 e. The molecule has 1 aliphatic heterocycles. The van der Waals surface area contributed by atoms with Gasteiger partial charge in [0.25, 0.3) is 0 Å². The van der Waals surface area contributed by atoms with Crippen LogP contribution in [-0.2, 0) is 19.1 Å². The summed E-state index contributed by atoms with van der Waals surface area (Å²) >= 11 is 3.95. The third kappa shape index (κ3) is 1.63. The van der Waals surface area contributed by atoms with Gasteiger partial charge in [0, 0.05) is 5.75 Å². The van der Waals surface area contributed by atoms with Crippen molar-refractivity contribution in [2.75, 3.05) is 5.75 Å². The Morgan fingerprint density at radius 1 is 1.59 bits per heavy atom. The van der Waals surface area contributed by atoms with Crippen molar-refractivity contribution in [3.05, 3.63) is 12.2 Å². The van der Waals surface area contributed by atoms with Crippen LogP contribution in [0.1, 0.15) is 12.8 Å². The average Bonchev–Trinajstić information content (AvgIpc) is 2.61. The molecule has 0 spiro atoms. The SMILES string of the molecule is N[C@@H](CS)C(=O)C12CC=CCC1C(=O)OC2=O. The zero-order valence-electron chi connectivity index (χ0n) is 9.09. The lowest BCUT2D eigenvalue weighted by molar-refractivity contribution is -0.156. The van der Waals surface area contributed by atoms with Crippen molar-refractivity contribution >= 4 is 30.4 Å². The van der Waals surface area contributed by atoms with E-state index in [0.29, 0.717) is 6.42 Å². The minimum atomic E-state index is -1.41. The Balaban J connectivity index is 2.44. The fourth-order valence-electron chi connectivity index (χ4n) is 2.41. The van der Waals surface area contributed by atoms with Crippen LogP contribution in [0.15, 0.2) is 12.2 Å². The van der Waals surface area contributed by atoms with Gasteiger partial charge in [0.05, 0.1) is 12.0 Å². The third-order valence-electron chi connectivity index (χ3n) is 3.39. The van der Waals surface area contributed by atoms with Crippen LogP contribution >= 0.6 is 12.6 Å². The van der Waals surface area contributed by atoms with Gasteiger partial charge in [0.1, 0.15) is 5.41 Å². The van der Waals surface area contributed by atoms with Crippen LogP contribution in [0.5, 0.6) is 0 Å². The van der Waals surface area contributed by atoms with Gasteiger partial charge in [-0.3, -0.25) is 14.4 Å². The molecule has 0 aromatic rings. The van der Waals surface area contributed by atoms with Crippen LogP contribution in [0.4, 0.5) is 0 Å². The molecule has 0 aromatic heterocycles. The quantitative estimate of drug-likeness (QED) is 0.317. The summed E-state index contributed by atoms with van der Waals surface area (Å²) in [5.41, 5.74) is 4.23. The maximum Gasteiger partial charge on any atom is 0.328 e. The van der Waals surface area contributed by atoms with E-state index in [1.165, 1.54) is 0 Å². The molecule has 1 heterocycles. The number of ether oxygens (including phenoxy) is 1. The van der Waals surface area contributed by atoms with E-state index in [9.17, 15) is 14.4 Å². The van der Waals surface area contributed by atoms with E-state index in [0.717, 1.165) is 0 Å². The summed E-state index contributed by atoms with van der Waals surface area (Å²) in [6.07, 6.45) is 4.03. The number of hydrogen-bond acceptors (Lipinski definition) is 6. The first-order chi connectivity index (χ1) is 8.04. The highest BCUT2D eigenvalue weighted by Crippen LogP contribution is 2.46. The van der Waals surface area contributed by atoms with Crippen LogP contribution in [0.3, 0.4) is 0 Å². The van der Waals surface area contributed by atoms with Crippen molar-refractivity contribution in [2.45, 2.75) is 18.9 Å². The normalized spacial score (nSPS) is 33.2. The number of hydrogen-bond donors (Lipinski definition) is 2. The predicted octanol–water partition coefficient (Wildman–Crippen LogP) is -0.151. The van der Waals surface area contributed by atoms with Gasteiger partial charge in [-0.05, 0) is 12.8 Å². The lowest BCUT2D eigenvalue weighted by Crippen LogP contribution is -2.51. The minimum Gasteiger partial charge on any atom is -0.392 e. The number of cyclic esters (lactones) is 2. The minimum absolute atomic E-state index is 0.137. The van der Waals surface area contributed by atoms with E-state index in [1.54, 1.807) is 12.2 Å². The number of carbonyl (C=O) groups is 3. The molecule has 1 saturated heterocycles. The van der Waals surface area contributed by atoms with Crippen molar-refractivity contribution in [1.82, 2.24) is 0 Å². The van der Waals surface area contributed by atoms with Gasteiger partial charge in [-0.15, -0.1) is 0 Å². The molecule has 0 aromatic carbocycles. The lowest BCUT2D eigenvalue weighted by Gasteiger charge is -2.31. The van der Waals surface area contributed by atoms with Crippen LogP contribution < -0.4 is 5.73 Å². The fraction of sp³-hybridized carbons (Fsp3) is 0.545. The van der Waals surface area contributed by atoms with E-state index >= 15 is 0 Å². The highest BCUT2D eigenvalue weighted by atomic mass is 32.1. The number of esters is 2. The first-order valence-corrected chi connectivity index (χ1v) is 5.99. The topological polar surface area (TPSA) is 86.5 Å². The van der Waals surface area contributed by atoms with Gasteiger partial charge in [0.2, 0.25) is 0 Å². The number of thiol groups is 1. The molecule has 0 radical (unpaired) electrons. The van der Waals surface area contributed by atoms with Gasteiger partial charge in [-0.1, -0.05) is 12.2 Å². The molecule has 17 heavy (non-hydrogen) atoms. The number of carbonyl (C=O) groups excluding carboxylic acids is 3. The third-order valence-corrected chi connectivity index (χ3v) is 3.78. The summed E-state index contributed by atoms with van der Waals surface area (Å²) < 4.78 is 4.61. The monoisotopic (exact) mass is 255 g/mol. The second-order valence-electron chi connectivity index (χ2n) is 4.30. The van der Waals surface area contributed by atoms with Crippen molar-refractivity contribution in [1.29, 1.82) is 0 Å². The average molecular weight is 255 g/mol. The molecule has 2 N–H and O–H groups in total. The second-order valence-corrected chi connectivity index (χ2v) is 4.66. The van der Waals surface area contributed by atoms with Gasteiger partial charge < -0.3 is 10.5 Å². The van der Waals surface area contributed by atoms with Gasteiger partial charge in [0.15, 0.2) is 5.78 Å². The first kappa shape index (κ1) is 12.3. The number of Topliss-reactive ketones (excluding diaryl/α,β-unsaturated/α-hetero) is 1. The maximum atomic E-state index is 12.2. The zero-order valence-corrected chi connectivity index (χ0v) is 9.98. The Bertz CT molecular complexity index is 420. The predicted molar refractivity (Wildman–Crippen MR) is 62.2 cm³/mol. The molecule has 2 rings (SSSR count). The Morgan fingerprint density at radius 3 is 2.94 bits per heavy atom. The molecule has 6 heteroatoms. The van der Waals surface area contributed by atoms with Gasteiger partial charge in [-0.2, -0.15) is 12.6 Å². The summed E-state index contributed by atoms with van der Waals surface area (Å²) in [4.78, 5) is 35.6. The molecule has 0 bridgehead atoms. The van der Waals surface area contributed by atoms with Crippen molar-refractivity contribution < 1.29 is 19.1 Å². The van der Waals surface area contributed by atoms with Crippen molar-refractivity contribution in [3.8, 4) is 0 Å². The number of rotatable bonds is 3. The van der Waals surface area contributed by atoms with Crippen LogP contribution in [0.25, 0.3) is 0 Å². The Kier molecular flexibility index (Phi) is 3.09. The maximum absolute atomic E-state index is 12.2. The number of fused-ring (bicyclic) bond motifs is 1. The molecule has 2 aliphatic rings.